The third kappa shape index (κ3) is 4.43. The molecular weight excluding hydrogens is 410 g/mol. The zero-order chi connectivity index (χ0) is 19.6. The van der Waals surface area contributed by atoms with E-state index >= 15 is 0 Å². The first-order valence-electron chi connectivity index (χ1n) is 7.93. The normalized spacial score (nSPS) is 12.0. The average Bonchev–Trinajstić information content (AvgIpc) is 3.00. The lowest BCUT2D eigenvalue weighted by atomic mass is 10.2. The van der Waals surface area contributed by atoms with E-state index in [1.54, 1.807) is 48.9 Å². The highest BCUT2D eigenvalue weighted by molar-refractivity contribution is 8.00. The summed E-state index contributed by atoms with van der Waals surface area (Å²) in [6.07, 6.45) is 0. The molecule has 0 aliphatic rings. The number of anilines is 1. The van der Waals surface area contributed by atoms with Gasteiger partial charge in [0.25, 0.3) is 0 Å². The largest absolute Gasteiger partial charge is 0.324 e. The molecule has 1 amide bonds. The molecule has 2 aromatic carbocycles. The van der Waals surface area contributed by atoms with Gasteiger partial charge in [-0.15, -0.1) is 10.2 Å². The Morgan fingerprint density at radius 3 is 2.59 bits per heavy atom. The van der Waals surface area contributed by atoms with Gasteiger partial charge in [-0.2, -0.15) is 0 Å². The molecule has 0 radical (unpaired) electrons. The number of carbonyl (C=O) groups is 1. The quantitative estimate of drug-likeness (QED) is 0.582. The molecule has 1 atom stereocenters. The van der Waals surface area contributed by atoms with Crippen LogP contribution in [0.4, 0.5) is 10.1 Å². The standard InChI is InChI=1S/C18H15Cl2FN4OS/c1-10(17(26)22-14-5-3-4-13(19)15(14)20)27-18-24-23-16(25(18)2)11-6-8-12(21)9-7-11/h3-10H,1-2H3,(H,22,26). The van der Waals surface area contributed by atoms with Crippen LogP contribution in [-0.2, 0) is 11.8 Å². The zero-order valence-electron chi connectivity index (χ0n) is 14.4. The van der Waals surface area contributed by atoms with Crippen LogP contribution in [0.15, 0.2) is 47.6 Å². The van der Waals surface area contributed by atoms with E-state index in [0.717, 1.165) is 5.56 Å². The third-order valence-electron chi connectivity index (χ3n) is 3.80. The predicted molar refractivity (Wildman–Crippen MR) is 107 cm³/mol. The maximum Gasteiger partial charge on any atom is 0.237 e. The van der Waals surface area contributed by atoms with Gasteiger partial charge < -0.3 is 9.88 Å². The fourth-order valence-electron chi connectivity index (χ4n) is 2.31. The maximum atomic E-state index is 13.1. The van der Waals surface area contributed by atoms with E-state index in [4.69, 9.17) is 23.2 Å². The van der Waals surface area contributed by atoms with Crippen molar-refractivity contribution in [1.29, 1.82) is 0 Å². The lowest BCUT2D eigenvalue weighted by Gasteiger charge is -2.13. The topological polar surface area (TPSA) is 59.8 Å². The van der Waals surface area contributed by atoms with Crippen LogP contribution in [0.1, 0.15) is 6.92 Å². The second-order valence-electron chi connectivity index (χ2n) is 5.72. The molecule has 3 aromatic rings. The van der Waals surface area contributed by atoms with Crippen molar-refractivity contribution >= 4 is 46.6 Å². The highest BCUT2D eigenvalue weighted by atomic mass is 35.5. The summed E-state index contributed by atoms with van der Waals surface area (Å²) >= 11 is 13.3. The summed E-state index contributed by atoms with van der Waals surface area (Å²) in [6, 6.07) is 11.0. The molecule has 1 aromatic heterocycles. The van der Waals surface area contributed by atoms with Crippen LogP contribution in [-0.4, -0.2) is 25.9 Å². The molecule has 0 spiro atoms. The van der Waals surface area contributed by atoms with E-state index < -0.39 is 5.25 Å². The van der Waals surface area contributed by atoms with E-state index in [9.17, 15) is 9.18 Å². The lowest BCUT2D eigenvalue weighted by molar-refractivity contribution is -0.115. The molecule has 140 valence electrons. The first-order chi connectivity index (χ1) is 12.9. The fraction of sp³-hybridized carbons (Fsp3) is 0.167. The van der Waals surface area contributed by atoms with Crippen molar-refractivity contribution in [3.63, 3.8) is 0 Å². The number of carbonyl (C=O) groups excluding carboxylic acids is 1. The first-order valence-corrected chi connectivity index (χ1v) is 9.57. The molecule has 0 saturated carbocycles. The van der Waals surface area contributed by atoms with Crippen molar-refractivity contribution in [1.82, 2.24) is 14.8 Å². The molecule has 1 heterocycles. The van der Waals surface area contributed by atoms with Gasteiger partial charge in [0.15, 0.2) is 11.0 Å². The minimum absolute atomic E-state index is 0.240. The van der Waals surface area contributed by atoms with Gasteiger partial charge in [-0.05, 0) is 43.3 Å². The van der Waals surface area contributed by atoms with Crippen molar-refractivity contribution in [2.75, 3.05) is 5.32 Å². The molecule has 0 aliphatic heterocycles. The average molecular weight is 425 g/mol. The Bertz CT molecular complexity index is 978. The van der Waals surface area contributed by atoms with Crippen molar-refractivity contribution in [3.8, 4) is 11.4 Å². The summed E-state index contributed by atoms with van der Waals surface area (Å²) in [6.45, 7) is 1.75. The van der Waals surface area contributed by atoms with Crippen LogP contribution >= 0.6 is 35.0 Å². The summed E-state index contributed by atoms with van der Waals surface area (Å²) in [4.78, 5) is 12.5. The van der Waals surface area contributed by atoms with E-state index in [1.165, 1.54) is 23.9 Å². The molecule has 0 fully saturated rings. The van der Waals surface area contributed by atoms with Gasteiger partial charge >= 0.3 is 0 Å². The van der Waals surface area contributed by atoms with Crippen molar-refractivity contribution in [2.24, 2.45) is 7.05 Å². The molecule has 0 bridgehead atoms. The SMILES string of the molecule is CC(Sc1nnc(-c2ccc(F)cc2)n1C)C(=O)Nc1cccc(Cl)c1Cl. The van der Waals surface area contributed by atoms with Crippen LogP contribution in [0.2, 0.25) is 10.0 Å². The molecule has 0 saturated heterocycles. The van der Waals surface area contributed by atoms with Crippen LogP contribution in [0.3, 0.4) is 0 Å². The predicted octanol–water partition coefficient (Wildman–Crippen LogP) is 5.05. The Morgan fingerprint density at radius 1 is 1.19 bits per heavy atom. The van der Waals surface area contributed by atoms with Gasteiger partial charge in [-0.3, -0.25) is 4.79 Å². The van der Waals surface area contributed by atoms with Gasteiger partial charge in [-0.25, -0.2) is 4.39 Å². The Kier molecular flexibility index (Phi) is 6.04. The number of thioether (sulfide) groups is 1. The molecule has 3 rings (SSSR count). The second kappa shape index (κ2) is 8.29. The Hall–Kier alpha value is -2.09. The number of nitrogens with zero attached hydrogens (tertiary/aromatic N) is 3. The number of aromatic nitrogens is 3. The molecule has 27 heavy (non-hydrogen) atoms. The van der Waals surface area contributed by atoms with Crippen LogP contribution < -0.4 is 5.32 Å². The Balaban J connectivity index is 1.72. The number of halogens is 3. The highest BCUT2D eigenvalue weighted by Crippen LogP contribution is 2.31. The van der Waals surface area contributed by atoms with Crippen molar-refractivity contribution in [2.45, 2.75) is 17.3 Å². The first kappa shape index (κ1) is 19.7. The maximum absolute atomic E-state index is 13.1. The molecule has 1 unspecified atom stereocenters. The van der Waals surface area contributed by atoms with Crippen molar-refractivity contribution < 1.29 is 9.18 Å². The van der Waals surface area contributed by atoms with Gasteiger partial charge in [0, 0.05) is 12.6 Å². The van der Waals surface area contributed by atoms with E-state index in [-0.39, 0.29) is 11.7 Å². The molecule has 0 aliphatic carbocycles. The summed E-state index contributed by atoms with van der Waals surface area (Å²) in [5, 5.41) is 11.8. The van der Waals surface area contributed by atoms with Gasteiger partial charge in [0.1, 0.15) is 5.82 Å². The summed E-state index contributed by atoms with van der Waals surface area (Å²) in [5.41, 5.74) is 1.19. The van der Waals surface area contributed by atoms with Crippen LogP contribution in [0.5, 0.6) is 0 Å². The van der Waals surface area contributed by atoms with Crippen LogP contribution in [0.25, 0.3) is 11.4 Å². The third-order valence-corrected chi connectivity index (χ3v) is 5.75. The number of hydrogen-bond acceptors (Lipinski definition) is 4. The molecule has 9 heteroatoms. The van der Waals surface area contributed by atoms with E-state index in [1.807, 2.05) is 0 Å². The monoisotopic (exact) mass is 424 g/mol. The Labute approximate surface area is 169 Å². The zero-order valence-corrected chi connectivity index (χ0v) is 16.7. The molecule has 1 N–H and O–H groups in total. The summed E-state index contributed by atoms with van der Waals surface area (Å²) in [7, 11) is 1.79. The van der Waals surface area contributed by atoms with Gasteiger partial charge in [-0.1, -0.05) is 41.0 Å². The van der Waals surface area contributed by atoms with Crippen LogP contribution in [0, 0.1) is 5.82 Å². The number of nitrogens with one attached hydrogen (secondary N) is 1. The fourth-order valence-corrected chi connectivity index (χ4v) is 3.48. The minimum Gasteiger partial charge on any atom is -0.324 e. The number of amides is 1. The van der Waals surface area contributed by atoms with E-state index in [0.29, 0.717) is 26.7 Å². The number of benzene rings is 2. The van der Waals surface area contributed by atoms with Gasteiger partial charge in [0.2, 0.25) is 5.91 Å². The lowest BCUT2D eigenvalue weighted by Crippen LogP contribution is -2.23. The number of rotatable bonds is 5. The van der Waals surface area contributed by atoms with Gasteiger partial charge in [0.05, 0.1) is 21.0 Å². The summed E-state index contributed by atoms with van der Waals surface area (Å²) in [5.74, 6) is 0.0268. The Morgan fingerprint density at radius 2 is 1.89 bits per heavy atom. The smallest absolute Gasteiger partial charge is 0.237 e. The number of hydrogen-bond donors (Lipinski definition) is 1. The highest BCUT2D eigenvalue weighted by Gasteiger charge is 2.20. The van der Waals surface area contributed by atoms with Crippen molar-refractivity contribution in [3.05, 3.63) is 58.3 Å². The second-order valence-corrected chi connectivity index (χ2v) is 7.82. The summed E-state index contributed by atoms with van der Waals surface area (Å²) < 4.78 is 14.9. The molecule has 5 nitrogen and oxygen atoms in total. The molecular formula is C18H15Cl2FN4OS. The van der Waals surface area contributed by atoms with E-state index in [2.05, 4.69) is 15.5 Å². The minimum atomic E-state index is -0.455.